The topological polar surface area (TPSA) is 104 Å². The van der Waals surface area contributed by atoms with E-state index in [-0.39, 0.29) is 22.9 Å². The summed E-state index contributed by atoms with van der Waals surface area (Å²) in [7, 11) is -4.37. The van der Waals surface area contributed by atoms with Crippen molar-refractivity contribution in [2.75, 3.05) is 42.6 Å². The fraction of sp³-hybridized carbons (Fsp3) is 0.350. The van der Waals surface area contributed by atoms with Crippen LogP contribution in [0.5, 0.6) is 5.75 Å². The minimum Gasteiger partial charge on any atom is -0.476 e. The highest BCUT2D eigenvalue weighted by atomic mass is 35.5. The third-order valence-electron chi connectivity index (χ3n) is 5.46. The van der Waals surface area contributed by atoms with Crippen molar-refractivity contribution in [2.45, 2.75) is 17.4 Å². The molecule has 2 aromatic carbocycles. The van der Waals surface area contributed by atoms with Crippen LogP contribution in [0.15, 0.2) is 41.3 Å². The first-order valence-corrected chi connectivity index (χ1v) is 13.4. The molecule has 2 heterocycles. The van der Waals surface area contributed by atoms with Gasteiger partial charge in [0.15, 0.2) is 6.10 Å². The molecule has 0 bridgehead atoms. The Balaban J connectivity index is 1.65. The number of ether oxygens (including phenoxy) is 1. The number of rotatable bonds is 4. The molecular formula is C20H22ClN3O6S2. The van der Waals surface area contributed by atoms with Crippen LogP contribution >= 0.6 is 11.6 Å². The van der Waals surface area contributed by atoms with Crippen LogP contribution in [0.4, 0.5) is 11.4 Å². The Morgan fingerprint density at radius 1 is 1.09 bits per heavy atom. The second kappa shape index (κ2) is 7.91. The molecule has 32 heavy (non-hydrogen) atoms. The predicted molar refractivity (Wildman–Crippen MR) is 121 cm³/mol. The van der Waals surface area contributed by atoms with Gasteiger partial charge in [-0.25, -0.2) is 21.1 Å². The van der Waals surface area contributed by atoms with Crippen LogP contribution in [0, 0.1) is 0 Å². The van der Waals surface area contributed by atoms with Gasteiger partial charge in [0.1, 0.15) is 5.75 Å². The summed E-state index contributed by atoms with van der Waals surface area (Å²) < 4.78 is 57.7. The molecule has 12 heteroatoms. The van der Waals surface area contributed by atoms with Crippen molar-refractivity contribution in [2.24, 2.45) is 0 Å². The zero-order valence-corrected chi connectivity index (χ0v) is 20.0. The van der Waals surface area contributed by atoms with Crippen LogP contribution in [0.25, 0.3) is 0 Å². The summed E-state index contributed by atoms with van der Waals surface area (Å²) in [5.74, 6) is -0.155. The van der Waals surface area contributed by atoms with Crippen LogP contribution in [0.2, 0.25) is 5.02 Å². The lowest BCUT2D eigenvalue weighted by Crippen LogP contribution is -2.51. The van der Waals surface area contributed by atoms with E-state index in [2.05, 4.69) is 0 Å². The van der Waals surface area contributed by atoms with Gasteiger partial charge < -0.3 is 9.64 Å². The molecule has 0 radical (unpaired) electrons. The Kier molecular flexibility index (Phi) is 5.64. The summed E-state index contributed by atoms with van der Waals surface area (Å²) in [6.07, 6.45) is 0.476. The molecule has 172 valence electrons. The van der Waals surface area contributed by atoms with Crippen LogP contribution in [-0.2, 0) is 31.3 Å². The largest absolute Gasteiger partial charge is 0.476 e. The number of sulfonamides is 2. The van der Waals surface area contributed by atoms with Crippen LogP contribution in [0.1, 0.15) is 5.56 Å². The molecule has 0 fully saturated rings. The van der Waals surface area contributed by atoms with Crippen molar-refractivity contribution in [1.82, 2.24) is 4.31 Å². The van der Waals surface area contributed by atoms with Crippen LogP contribution in [0.3, 0.4) is 0 Å². The number of nitrogens with zero attached hydrogens (tertiary/aromatic N) is 3. The van der Waals surface area contributed by atoms with E-state index in [4.69, 9.17) is 16.3 Å². The lowest BCUT2D eigenvalue weighted by Gasteiger charge is -2.35. The number of amides is 1. The van der Waals surface area contributed by atoms with Gasteiger partial charge in [0.25, 0.3) is 5.91 Å². The molecule has 4 rings (SSSR count). The quantitative estimate of drug-likeness (QED) is 0.634. The van der Waals surface area contributed by atoms with Gasteiger partial charge in [-0.15, -0.1) is 0 Å². The van der Waals surface area contributed by atoms with Gasteiger partial charge in [0, 0.05) is 31.4 Å². The lowest BCUT2D eigenvalue weighted by atomic mass is 10.1. The normalized spacial score (nSPS) is 18.3. The number of benzene rings is 2. The van der Waals surface area contributed by atoms with Crippen molar-refractivity contribution >= 4 is 48.9 Å². The molecule has 1 atom stereocenters. The van der Waals surface area contributed by atoms with Gasteiger partial charge >= 0.3 is 0 Å². The highest BCUT2D eigenvalue weighted by molar-refractivity contribution is 7.92. The second-order valence-corrected chi connectivity index (χ2v) is 12.3. The third-order valence-corrected chi connectivity index (χ3v) is 8.65. The van der Waals surface area contributed by atoms with Crippen molar-refractivity contribution in [3.8, 4) is 5.75 Å². The Morgan fingerprint density at radius 2 is 1.81 bits per heavy atom. The third kappa shape index (κ3) is 3.94. The Hall–Kier alpha value is -2.34. The van der Waals surface area contributed by atoms with E-state index in [0.29, 0.717) is 23.7 Å². The average Bonchev–Trinajstić information content (AvgIpc) is 3.14. The number of hydrogen-bond acceptors (Lipinski definition) is 6. The first-order valence-electron chi connectivity index (χ1n) is 9.70. The molecule has 0 saturated heterocycles. The lowest BCUT2D eigenvalue weighted by molar-refractivity contribution is -0.125. The van der Waals surface area contributed by atoms with E-state index in [1.165, 1.54) is 37.2 Å². The average molecular weight is 500 g/mol. The van der Waals surface area contributed by atoms with E-state index < -0.39 is 32.1 Å². The van der Waals surface area contributed by atoms with Gasteiger partial charge in [-0.2, -0.15) is 0 Å². The molecule has 0 aliphatic carbocycles. The molecule has 0 saturated carbocycles. The maximum Gasteiger partial charge on any atom is 0.269 e. The van der Waals surface area contributed by atoms with Crippen LogP contribution in [-0.4, -0.2) is 66.6 Å². The van der Waals surface area contributed by atoms with Gasteiger partial charge in [0.2, 0.25) is 20.0 Å². The summed E-state index contributed by atoms with van der Waals surface area (Å²) in [6, 6.07) is 9.20. The first kappa shape index (κ1) is 22.8. The number of hydrogen-bond donors (Lipinski definition) is 0. The minimum atomic E-state index is -3.68. The zero-order valence-electron chi connectivity index (χ0n) is 17.6. The van der Waals surface area contributed by atoms with Crippen LogP contribution < -0.4 is 13.9 Å². The number of halogens is 1. The second-order valence-electron chi connectivity index (χ2n) is 7.83. The molecule has 2 aromatic rings. The molecule has 2 aliphatic rings. The number of anilines is 2. The summed E-state index contributed by atoms with van der Waals surface area (Å²) in [5.41, 5.74) is 1.60. The molecular weight excluding hydrogens is 478 g/mol. The Morgan fingerprint density at radius 3 is 2.47 bits per heavy atom. The van der Waals surface area contributed by atoms with E-state index in [9.17, 15) is 21.6 Å². The van der Waals surface area contributed by atoms with E-state index >= 15 is 0 Å². The molecule has 0 aromatic heterocycles. The molecule has 1 amide bonds. The van der Waals surface area contributed by atoms with Crippen molar-refractivity contribution in [3.63, 3.8) is 0 Å². The van der Waals surface area contributed by atoms with Crippen molar-refractivity contribution in [1.29, 1.82) is 0 Å². The standard InChI is InChI=1S/C20H22ClN3O6S2/c1-22(2)32(28,29)15-5-6-16-13(10-15)8-9-23(16)20(25)19-12-24(31(3,26)27)17-11-14(21)4-7-18(17)30-19/h4-7,10-11,19H,8-9,12H2,1-3H3/t19-/m1/s1. The summed E-state index contributed by atoms with van der Waals surface area (Å²) in [4.78, 5) is 15.0. The monoisotopic (exact) mass is 499 g/mol. The fourth-order valence-electron chi connectivity index (χ4n) is 3.82. The highest BCUT2D eigenvalue weighted by Gasteiger charge is 2.39. The van der Waals surface area contributed by atoms with Crippen molar-refractivity contribution < 1.29 is 26.4 Å². The Labute approximate surface area is 192 Å². The van der Waals surface area contributed by atoms with E-state index in [0.717, 1.165) is 20.4 Å². The van der Waals surface area contributed by atoms with E-state index in [1.54, 1.807) is 18.2 Å². The van der Waals surface area contributed by atoms with Gasteiger partial charge in [-0.3, -0.25) is 9.10 Å². The number of carbonyl (C=O) groups excluding carboxylic acids is 1. The molecule has 0 unspecified atom stereocenters. The van der Waals surface area contributed by atoms with Crippen molar-refractivity contribution in [3.05, 3.63) is 47.0 Å². The minimum absolute atomic E-state index is 0.151. The summed E-state index contributed by atoms with van der Waals surface area (Å²) in [5, 5.41) is 0.350. The molecule has 9 nitrogen and oxygen atoms in total. The number of carbonyl (C=O) groups is 1. The smallest absolute Gasteiger partial charge is 0.269 e. The summed E-state index contributed by atoms with van der Waals surface area (Å²) in [6.45, 7) is 0.149. The highest BCUT2D eigenvalue weighted by Crippen LogP contribution is 2.38. The molecule has 2 aliphatic heterocycles. The SMILES string of the molecule is CN(C)S(=O)(=O)c1ccc2c(c1)CCN2C(=O)[C@H]1CN(S(C)(=O)=O)c2cc(Cl)ccc2O1. The molecule has 0 N–H and O–H groups in total. The fourth-order valence-corrected chi connectivity index (χ4v) is 5.84. The van der Waals surface area contributed by atoms with E-state index in [1.807, 2.05) is 0 Å². The van der Waals surface area contributed by atoms with Gasteiger partial charge in [-0.05, 0) is 48.4 Å². The Bertz CT molecular complexity index is 1310. The zero-order chi connectivity index (χ0) is 23.4. The maximum absolute atomic E-state index is 13.3. The predicted octanol–water partition coefficient (Wildman–Crippen LogP) is 1.71. The summed E-state index contributed by atoms with van der Waals surface area (Å²) >= 11 is 6.02. The number of fused-ring (bicyclic) bond motifs is 2. The molecule has 0 spiro atoms. The maximum atomic E-state index is 13.3. The van der Waals surface area contributed by atoms with Gasteiger partial charge in [0.05, 0.1) is 23.4 Å². The van der Waals surface area contributed by atoms with Gasteiger partial charge in [-0.1, -0.05) is 11.6 Å². The first-order chi connectivity index (χ1) is 14.9.